The predicted molar refractivity (Wildman–Crippen MR) is 107 cm³/mol. The van der Waals surface area contributed by atoms with Crippen molar-refractivity contribution in [1.82, 2.24) is 9.62 Å². The van der Waals surface area contributed by atoms with Gasteiger partial charge in [-0.05, 0) is 67.5 Å². The highest BCUT2D eigenvalue weighted by Gasteiger charge is 2.48. The molecule has 2 aromatic heterocycles. The molecule has 1 N–H and O–H groups in total. The fourth-order valence-electron chi connectivity index (χ4n) is 4.76. The Labute approximate surface area is 167 Å². The molecule has 144 valence electrons. The number of nitrogens with one attached hydrogen (secondary N) is 1. The third-order valence-corrected chi connectivity index (χ3v) is 10.2. The normalized spacial score (nSPS) is 27.1. The molecule has 5 rings (SSSR count). The van der Waals surface area contributed by atoms with Crippen LogP contribution in [0.25, 0.3) is 0 Å². The van der Waals surface area contributed by atoms with Crippen LogP contribution in [-0.2, 0) is 22.9 Å². The van der Waals surface area contributed by atoms with E-state index in [1.165, 1.54) is 34.6 Å². The number of hydrogen-bond donors (Lipinski definition) is 1. The number of rotatable bonds is 4. The average Bonchev–Trinajstić information content (AvgIpc) is 3.42. The maximum Gasteiger partial charge on any atom is 0.264 e. The first kappa shape index (κ1) is 17.8. The summed E-state index contributed by atoms with van der Waals surface area (Å²) in [5, 5.41) is 1.77. The number of nitrogens with zero attached hydrogens (tertiary/aromatic N) is 1. The van der Waals surface area contributed by atoms with Gasteiger partial charge >= 0.3 is 0 Å². The van der Waals surface area contributed by atoms with Crippen molar-refractivity contribution in [3.63, 3.8) is 0 Å². The lowest BCUT2D eigenvalue weighted by molar-refractivity contribution is 0.0696. The number of hydrogen-bond acceptors (Lipinski definition) is 5. The summed E-state index contributed by atoms with van der Waals surface area (Å²) in [6.45, 7) is 0.656. The highest BCUT2D eigenvalue weighted by molar-refractivity contribution is 7.91. The Kier molecular flexibility index (Phi) is 4.42. The number of likely N-dealkylation sites (tertiary alicyclic amines) is 1. The molecule has 0 aromatic carbocycles. The number of carbonyl (C=O) groups is 1. The van der Waals surface area contributed by atoms with Gasteiger partial charge in [0.1, 0.15) is 4.21 Å². The molecular weight excluding hydrogens is 400 g/mol. The summed E-state index contributed by atoms with van der Waals surface area (Å²) >= 11 is 2.90. The Morgan fingerprint density at radius 3 is 2.78 bits per heavy atom. The van der Waals surface area contributed by atoms with Crippen molar-refractivity contribution in [3.05, 3.63) is 38.9 Å². The highest BCUT2D eigenvalue weighted by atomic mass is 32.2. The SMILES string of the molecule is O=C(c1cc2c(s1)CCCC2)N1C[C@@H]2C[C@H]1C[C@@H]2NS(=O)(=O)c1cccs1. The summed E-state index contributed by atoms with van der Waals surface area (Å²) in [6, 6.07) is 5.57. The van der Waals surface area contributed by atoms with E-state index in [2.05, 4.69) is 10.8 Å². The van der Waals surface area contributed by atoms with Crippen LogP contribution < -0.4 is 4.72 Å². The lowest BCUT2D eigenvalue weighted by Crippen LogP contribution is -2.47. The number of aryl methyl sites for hydroxylation is 2. The van der Waals surface area contributed by atoms with Gasteiger partial charge in [0.25, 0.3) is 5.91 Å². The summed E-state index contributed by atoms with van der Waals surface area (Å²) in [5.74, 6) is 0.352. The Morgan fingerprint density at radius 2 is 2.07 bits per heavy atom. The molecule has 1 aliphatic heterocycles. The van der Waals surface area contributed by atoms with E-state index in [9.17, 15) is 13.2 Å². The summed E-state index contributed by atoms with van der Waals surface area (Å²) < 4.78 is 28.2. The van der Waals surface area contributed by atoms with E-state index >= 15 is 0 Å². The van der Waals surface area contributed by atoms with Crippen molar-refractivity contribution in [1.29, 1.82) is 0 Å². The number of thiophene rings is 2. The van der Waals surface area contributed by atoms with Crippen LogP contribution in [-0.4, -0.2) is 37.9 Å². The first-order chi connectivity index (χ1) is 13.0. The van der Waals surface area contributed by atoms with Crippen molar-refractivity contribution in [2.24, 2.45) is 5.92 Å². The first-order valence-electron chi connectivity index (χ1n) is 9.49. The molecule has 2 bridgehead atoms. The topological polar surface area (TPSA) is 66.5 Å². The van der Waals surface area contributed by atoms with Crippen LogP contribution in [0.3, 0.4) is 0 Å². The zero-order chi connectivity index (χ0) is 18.6. The summed E-state index contributed by atoms with van der Waals surface area (Å²) in [5.41, 5.74) is 1.36. The number of piperidine rings is 1. The molecule has 2 aromatic rings. The predicted octanol–water partition coefficient (Wildman–Crippen LogP) is 3.27. The minimum atomic E-state index is -3.45. The van der Waals surface area contributed by atoms with Gasteiger partial charge in [-0.1, -0.05) is 6.07 Å². The molecule has 1 saturated carbocycles. The molecule has 1 saturated heterocycles. The van der Waals surface area contributed by atoms with Gasteiger partial charge in [-0.15, -0.1) is 22.7 Å². The number of fused-ring (bicyclic) bond motifs is 3. The van der Waals surface area contributed by atoms with Crippen LogP contribution in [0.15, 0.2) is 27.8 Å². The van der Waals surface area contributed by atoms with Crippen molar-refractivity contribution in [2.75, 3.05) is 6.54 Å². The average molecular weight is 423 g/mol. The fourth-order valence-corrected chi connectivity index (χ4v) is 8.29. The third-order valence-electron chi connectivity index (χ3n) is 6.08. The molecule has 0 radical (unpaired) electrons. The van der Waals surface area contributed by atoms with Crippen LogP contribution in [0.4, 0.5) is 0 Å². The molecule has 2 fully saturated rings. The molecule has 0 spiro atoms. The number of carbonyl (C=O) groups excluding carboxylic acids is 1. The molecule has 3 aliphatic rings. The van der Waals surface area contributed by atoms with E-state index < -0.39 is 10.0 Å². The maximum atomic E-state index is 13.0. The van der Waals surface area contributed by atoms with Crippen LogP contribution in [0, 0.1) is 5.92 Å². The third kappa shape index (κ3) is 3.16. The quantitative estimate of drug-likeness (QED) is 0.822. The largest absolute Gasteiger partial charge is 0.335 e. The van der Waals surface area contributed by atoms with Crippen molar-refractivity contribution in [3.8, 4) is 0 Å². The van der Waals surface area contributed by atoms with Crippen molar-refractivity contribution in [2.45, 2.75) is 54.8 Å². The fraction of sp³-hybridized carbons (Fsp3) is 0.526. The van der Waals surface area contributed by atoms with Gasteiger partial charge in [-0.2, -0.15) is 0 Å². The maximum absolute atomic E-state index is 13.0. The van der Waals surface area contributed by atoms with Gasteiger partial charge in [0, 0.05) is 23.5 Å². The lowest BCUT2D eigenvalue weighted by atomic mass is 9.99. The van der Waals surface area contributed by atoms with Crippen LogP contribution >= 0.6 is 22.7 Å². The van der Waals surface area contributed by atoms with Crippen LogP contribution in [0.1, 0.15) is 45.8 Å². The molecule has 2 aliphatic carbocycles. The molecular formula is C19H22N2O3S3. The second-order valence-corrected chi connectivity index (χ2v) is 11.8. The van der Waals surface area contributed by atoms with Gasteiger partial charge in [-0.25, -0.2) is 13.1 Å². The molecule has 3 heterocycles. The molecule has 0 unspecified atom stereocenters. The zero-order valence-electron chi connectivity index (χ0n) is 14.9. The smallest absolute Gasteiger partial charge is 0.264 e. The number of sulfonamides is 1. The van der Waals surface area contributed by atoms with E-state index in [1.54, 1.807) is 28.8 Å². The molecule has 5 nitrogen and oxygen atoms in total. The standard InChI is InChI=1S/C19H22N2O3S3/c22-19(17-9-12-4-1-2-5-16(12)26-17)21-11-13-8-14(21)10-15(13)20-27(23,24)18-6-3-7-25-18/h3,6-7,9,13-15,20H,1-2,4-5,8,10-11H2/t13-,14-,15-/m0/s1. The summed E-state index contributed by atoms with van der Waals surface area (Å²) in [7, 11) is -3.45. The van der Waals surface area contributed by atoms with E-state index in [4.69, 9.17) is 0 Å². The lowest BCUT2D eigenvalue weighted by Gasteiger charge is -2.31. The van der Waals surface area contributed by atoms with E-state index in [1.807, 2.05) is 4.90 Å². The Balaban J connectivity index is 1.27. The Bertz CT molecular complexity index is 941. The Hall–Kier alpha value is -1.22. The number of amides is 1. The van der Waals surface area contributed by atoms with Gasteiger partial charge < -0.3 is 4.90 Å². The van der Waals surface area contributed by atoms with E-state index in [0.29, 0.717) is 17.2 Å². The van der Waals surface area contributed by atoms with E-state index in [0.717, 1.165) is 24.1 Å². The van der Waals surface area contributed by atoms with Gasteiger partial charge in [0.2, 0.25) is 10.0 Å². The summed E-state index contributed by atoms with van der Waals surface area (Å²) in [4.78, 5) is 17.3. The summed E-state index contributed by atoms with van der Waals surface area (Å²) in [6.07, 6.45) is 6.25. The minimum Gasteiger partial charge on any atom is -0.335 e. The monoisotopic (exact) mass is 422 g/mol. The second kappa shape index (κ2) is 6.69. The molecule has 1 amide bonds. The van der Waals surface area contributed by atoms with Gasteiger partial charge in [0.05, 0.1) is 4.88 Å². The highest BCUT2D eigenvalue weighted by Crippen LogP contribution is 2.40. The second-order valence-electron chi connectivity index (χ2n) is 7.77. The zero-order valence-corrected chi connectivity index (χ0v) is 17.3. The van der Waals surface area contributed by atoms with Crippen LogP contribution in [0.5, 0.6) is 0 Å². The first-order valence-corrected chi connectivity index (χ1v) is 12.7. The van der Waals surface area contributed by atoms with Crippen LogP contribution in [0.2, 0.25) is 0 Å². The molecule has 27 heavy (non-hydrogen) atoms. The molecule has 3 atom stereocenters. The van der Waals surface area contributed by atoms with Crippen molar-refractivity contribution < 1.29 is 13.2 Å². The Morgan fingerprint density at radius 1 is 1.22 bits per heavy atom. The van der Waals surface area contributed by atoms with E-state index in [-0.39, 0.29) is 23.9 Å². The van der Waals surface area contributed by atoms with Gasteiger partial charge in [0.15, 0.2) is 0 Å². The van der Waals surface area contributed by atoms with Crippen molar-refractivity contribution >= 4 is 38.6 Å². The molecule has 8 heteroatoms. The minimum absolute atomic E-state index is 0.0670. The van der Waals surface area contributed by atoms with Gasteiger partial charge in [-0.3, -0.25) is 4.79 Å².